The van der Waals surface area contributed by atoms with E-state index in [1.165, 1.54) is 0 Å². The molecule has 0 bridgehead atoms. The predicted octanol–water partition coefficient (Wildman–Crippen LogP) is 5.02. The molecule has 7 nitrogen and oxygen atoms in total. The number of nitrogens with one attached hydrogen (secondary N) is 1. The van der Waals surface area contributed by atoms with Crippen LogP contribution >= 0.6 is 0 Å². The van der Waals surface area contributed by atoms with Gasteiger partial charge in [0, 0.05) is 18.1 Å². The topological polar surface area (TPSA) is 80.8 Å². The number of aryl methyl sites for hydroxylation is 1. The van der Waals surface area contributed by atoms with Gasteiger partial charge in [-0.2, -0.15) is 0 Å². The number of rotatable bonds is 6. The van der Waals surface area contributed by atoms with Crippen molar-refractivity contribution in [3.05, 3.63) is 47.8 Å². The highest BCUT2D eigenvalue weighted by Crippen LogP contribution is 2.39. The fourth-order valence-corrected chi connectivity index (χ4v) is 4.26. The number of alkyl carbamates (subject to hydrolysis) is 1. The Hall–Kier alpha value is -3.09. The van der Waals surface area contributed by atoms with Gasteiger partial charge in [0.2, 0.25) is 0 Å². The SMILES string of the molecule is C=C(C(CC)NC(=O)OC(C)(C)C)N(C)CC1(C)CC(=O)c2c(c(C)nc3ccccc23)O1. The number of amides is 1. The third-order valence-corrected chi connectivity index (χ3v) is 5.74. The molecule has 0 saturated heterocycles. The smallest absolute Gasteiger partial charge is 0.408 e. The van der Waals surface area contributed by atoms with E-state index in [9.17, 15) is 9.59 Å². The summed E-state index contributed by atoms with van der Waals surface area (Å²) in [6, 6.07) is 7.33. The average Bonchev–Trinajstić information content (AvgIpc) is 2.70. The maximum Gasteiger partial charge on any atom is 0.408 e. The Morgan fingerprint density at radius 1 is 1.36 bits per heavy atom. The Kier molecular flexibility index (Phi) is 6.73. The fourth-order valence-electron chi connectivity index (χ4n) is 4.26. The van der Waals surface area contributed by atoms with Crippen molar-refractivity contribution >= 4 is 22.8 Å². The standard InChI is InChI=1S/C26H35N3O4/c1-9-19(28-24(31)33-25(4,5)6)17(3)29(8)15-26(7)14-21(30)22-18-12-10-11-13-20(18)27-16(2)23(22)32-26/h10-13,19H,3,9,14-15H2,1-2,4-8H3,(H,28,31). The van der Waals surface area contributed by atoms with Crippen LogP contribution in [0.1, 0.15) is 63.5 Å². The van der Waals surface area contributed by atoms with E-state index >= 15 is 0 Å². The number of para-hydroxylation sites is 1. The lowest BCUT2D eigenvalue weighted by Gasteiger charge is -2.40. The normalized spacial score (nSPS) is 18.8. The maximum absolute atomic E-state index is 13.3. The average molecular weight is 454 g/mol. The van der Waals surface area contributed by atoms with E-state index in [1.54, 1.807) is 0 Å². The van der Waals surface area contributed by atoms with Crippen LogP contribution in [0.15, 0.2) is 36.5 Å². The van der Waals surface area contributed by atoms with Crippen LogP contribution in [-0.4, -0.2) is 52.6 Å². The molecular formula is C26H35N3O4. The van der Waals surface area contributed by atoms with Crippen LogP contribution in [0, 0.1) is 6.92 Å². The molecule has 1 N–H and O–H groups in total. The molecule has 1 aliphatic rings. The van der Waals surface area contributed by atoms with Crippen LogP contribution in [0.2, 0.25) is 0 Å². The molecule has 1 amide bonds. The minimum atomic E-state index is -0.763. The van der Waals surface area contributed by atoms with Crippen molar-refractivity contribution in [3.63, 3.8) is 0 Å². The zero-order valence-corrected chi connectivity index (χ0v) is 20.7. The molecule has 1 aromatic carbocycles. The molecular weight excluding hydrogens is 418 g/mol. The van der Waals surface area contributed by atoms with Crippen molar-refractivity contribution in [2.24, 2.45) is 0 Å². The highest BCUT2D eigenvalue weighted by atomic mass is 16.6. The Morgan fingerprint density at radius 3 is 2.67 bits per heavy atom. The number of nitrogens with zero attached hydrogens (tertiary/aromatic N) is 2. The van der Waals surface area contributed by atoms with Crippen LogP contribution in [0.5, 0.6) is 5.75 Å². The summed E-state index contributed by atoms with van der Waals surface area (Å²) in [7, 11) is 1.89. The summed E-state index contributed by atoms with van der Waals surface area (Å²) in [5, 5.41) is 3.70. The van der Waals surface area contributed by atoms with E-state index in [4.69, 9.17) is 9.47 Å². The Bertz CT molecular complexity index is 1090. The molecule has 2 aromatic rings. The maximum atomic E-state index is 13.3. The van der Waals surface area contributed by atoms with Gasteiger partial charge in [0.15, 0.2) is 11.5 Å². The van der Waals surface area contributed by atoms with E-state index in [-0.39, 0.29) is 18.2 Å². The number of aromatic nitrogens is 1. The Labute approximate surface area is 196 Å². The second-order valence-corrected chi connectivity index (χ2v) is 10.0. The molecule has 2 unspecified atom stereocenters. The van der Waals surface area contributed by atoms with Crippen molar-refractivity contribution in [2.75, 3.05) is 13.6 Å². The van der Waals surface area contributed by atoms with E-state index in [0.29, 0.717) is 30.0 Å². The summed E-state index contributed by atoms with van der Waals surface area (Å²) in [5.74, 6) is 0.587. The van der Waals surface area contributed by atoms with Gasteiger partial charge in [0.25, 0.3) is 0 Å². The van der Waals surface area contributed by atoms with Gasteiger partial charge in [-0.05, 0) is 47.1 Å². The van der Waals surface area contributed by atoms with Gasteiger partial charge >= 0.3 is 6.09 Å². The molecule has 0 radical (unpaired) electrons. The predicted molar refractivity (Wildman–Crippen MR) is 130 cm³/mol. The zero-order chi connectivity index (χ0) is 24.6. The molecule has 2 atom stereocenters. The third kappa shape index (κ3) is 5.46. The number of ether oxygens (including phenoxy) is 2. The van der Waals surface area contributed by atoms with Gasteiger partial charge < -0.3 is 19.7 Å². The third-order valence-electron chi connectivity index (χ3n) is 5.74. The number of hydrogen-bond donors (Lipinski definition) is 1. The van der Waals surface area contributed by atoms with Gasteiger partial charge in [-0.15, -0.1) is 0 Å². The van der Waals surface area contributed by atoms with Gasteiger partial charge in [0.1, 0.15) is 11.2 Å². The molecule has 33 heavy (non-hydrogen) atoms. The number of ketones is 1. The number of likely N-dealkylation sites (N-methyl/N-ethyl adjacent to an activating group) is 1. The van der Waals surface area contributed by atoms with Crippen molar-refractivity contribution < 1.29 is 19.1 Å². The summed E-state index contributed by atoms with van der Waals surface area (Å²) < 4.78 is 11.8. The molecule has 0 fully saturated rings. The van der Waals surface area contributed by atoms with E-state index in [0.717, 1.165) is 16.6 Å². The lowest BCUT2D eigenvalue weighted by Crippen LogP contribution is -2.50. The van der Waals surface area contributed by atoms with Crippen LogP contribution < -0.4 is 10.1 Å². The van der Waals surface area contributed by atoms with Crippen molar-refractivity contribution in [1.82, 2.24) is 15.2 Å². The Balaban J connectivity index is 1.78. The second-order valence-electron chi connectivity index (χ2n) is 10.0. The second kappa shape index (κ2) is 9.04. The number of pyridine rings is 1. The van der Waals surface area contributed by atoms with E-state index in [2.05, 4.69) is 16.9 Å². The first-order valence-electron chi connectivity index (χ1n) is 11.3. The summed E-state index contributed by atoms with van der Waals surface area (Å²) in [6.07, 6.45) is 0.402. The van der Waals surface area contributed by atoms with Gasteiger partial charge in [0.05, 0.1) is 35.8 Å². The van der Waals surface area contributed by atoms with Crippen molar-refractivity contribution in [2.45, 2.75) is 71.6 Å². The van der Waals surface area contributed by atoms with E-state index < -0.39 is 17.3 Å². The van der Waals surface area contributed by atoms with Gasteiger partial charge in [-0.3, -0.25) is 4.79 Å². The monoisotopic (exact) mass is 453 g/mol. The van der Waals surface area contributed by atoms with Crippen LogP contribution in [-0.2, 0) is 4.74 Å². The molecule has 0 aliphatic carbocycles. The van der Waals surface area contributed by atoms with Crippen LogP contribution in [0.25, 0.3) is 10.9 Å². The Morgan fingerprint density at radius 2 is 2.03 bits per heavy atom. The summed E-state index contributed by atoms with van der Waals surface area (Å²) in [4.78, 5) is 32.1. The lowest BCUT2D eigenvalue weighted by atomic mass is 9.88. The van der Waals surface area contributed by atoms with Crippen LogP contribution in [0.4, 0.5) is 4.79 Å². The molecule has 178 valence electrons. The number of carbonyl (C=O) groups excluding carboxylic acids is 2. The van der Waals surface area contributed by atoms with Crippen molar-refractivity contribution in [1.29, 1.82) is 0 Å². The molecule has 0 spiro atoms. The largest absolute Gasteiger partial charge is 0.483 e. The van der Waals surface area contributed by atoms with Crippen molar-refractivity contribution in [3.8, 4) is 5.75 Å². The van der Waals surface area contributed by atoms with Gasteiger partial charge in [-0.25, -0.2) is 9.78 Å². The summed E-state index contributed by atoms with van der Waals surface area (Å²) in [5.41, 5.74) is 1.47. The number of fused-ring (bicyclic) bond motifs is 3. The highest BCUT2D eigenvalue weighted by Gasteiger charge is 2.40. The molecule has 7 heteroatoms. The zero-order valence-electron chi connectivity index (χ0n) is 20.7. The number of benzene rings is 1. The summed E-state index contributed by atoms with van der Waals surface area (Å²) >= 11 is 0. The first-order valence-corrected chi connectivity index (χ1v) is 11.3. The minimum absolute atomic E-state index is 0.0402. The molecule has 1 aliphatic heterocycles. The minimum Gasteiger partial charge on any atom is -0.483 e. The van der Waals surface area contributed by atoms with Crippen LogP contribution in [0.3, 0.4) is 0 Å². The quantitative estimate of drug-likeness (QED) is 0.662. The molecule has 3 rings (SSSR count). The first kappa shape index (κ1) is 24.6. The van der Waals surface area contributed by atoms with E-state index in [1.807, 2.05) is 77.8 Å². The molecule has 2 heterocycles. The number of carbonyl (C=O) groups is 2. The van der Waals surface area contributed by atoms with Gasteiger partial charge in [-0.1, -0.05) is 31.7 Å². The number of hydrogen-bond acceptors (Lipinski definition) is 6. The fraction of sp³-hybridized carbons (Fsp3) is 0.500. The first-order chi connectivity index (χ1) is 15.3. The molecule has 1 aromatic heterocycles. The number of Topliss-reactive ketones (excluding diaryl/α,β-unsaturated/α-hetero) is 1. The summed E-state index contributed by atoms with van der Waals surface area (Å²) in [6.45, 7) is 15.9. The molecule has 0 saturated carbocycles. The highest BCUT2D eigenvalue weighted by molar-refractivity contribution is 6.11. The lowest BCUT2D eigenvalue weighted by molar-refractivity contribution is 0.0345.